The van der Waals surface area contributed by atoms with Gasteiger partial charge in [0, 0.05) is 6.54 Å². The van der Waals surface area contributed by atoms with Crippen molar-refractivity contribution in [3.63, 3.8) is 0 Å². The molecule has 0 saturated heterocycles. The third-order valence-electron chi connectivity index (χ3n) is 3.01. The van der Waals surface area contributed by atoms with Gasteiger partial charge in [-0.05, 0) is 18.3 Å². The fraction of sp³-hybridized carbons (Fsp3) is 0.818. The second-order valence-electron chi connectivity index (χ2n) is 4.56. The molecule has 0 aromatic heterocycles. The van der Waals surface area contributed by atoms with Crippen molar-refractivity contribution in [2.75, 3.05) is 19.6 Å². The average molecular weight is 209 g/mol. The van der Waals surface area contributed by atoms with Crippen LogP contribution in [-0.4, -0.2) is 25.5 Å². The Labute approximate surface area is 91.0 Å². The van der Waals surface area contributed by atoms with Crippen molar-refractivity contribution in [1.29, 1.82) is 5.26 Å². The normalized spacial score (nSPS) is 18.4. The molecule has 4 nitrogen and oxygen atoms in total. The molecule has 1 rings (SSSR count). The van der Waals surface area contributed by atoms with Crippen LogP contribution in [0.3, 0.4) is 0 Å². The molecule has 1 aliphatic rings. The molecule has 0 aromatic rings. The lowest BCUT2D eigenvalue weighted by atomic mass is 9.89. The van der Waals surface area contributed by atoms with Gasteiger partial charge in [0.15, 0.2) is 0 Å². The lowest BCUT2D eigenvalue weighted by Crippen LogP contribution is -2.38. The van der Waals surface area contributed by atoms with Crippen molar-refractivity contribution < 1.29 is 4.79 Å². The molecule has 0 aromatic carbocycles. The first kappa shape index (κ1) is 12.0. The van der Waals surface area contributed by atoms with E-state index in [9.17, 15) is 4.79 Å². The summed E-state index contributed by atoms with van der Waals surface area (Å²) in [5.41, 5.74) is 0.371. The minimum absolute atomic E-state index is 0.0950. The summed E-state index contributed by atoms with van der Waals surface area (Å²) in [4.78, 5) is 11.2. The minimum Gasteiger partial charge on any atom is -0.342 e. The molecule has 0 aliphatic heterocycles. The topological polar surface area (TPSA) is 64.9 Å². The molecule has 15 heavy (non-hydrogen) atoms. The van der Waals surface area contributed by atoms with Crippen LogP contribution in [-0.2, 0) is 4.79 Å². The van der Waals surface area contributed by atoms with Crippen molar-refractivity contribution in [2.24, 2.45) is 5.41 Å². The maximum absolute atomic E-state index is 11.2. The first-order chi connectivity index (χ1) is 7.16. The molecular weight excluding hydrogens is 190 g/mol. The number of nitrogens with one attached hydrogen (secondary N) is 2. The summed E-state index contributed by atoms with van der Waals surface area (Å²) in [5, 5.41) is 13.9. The lowest BCUT2D eigenvalue weighted by Gasteiger charge is -2.23. The highest BCUT2D eigenvalue weighted by atomic mass is 16.1. The van der Waals surface area contributed by atoms with Gasteiger partial charge in [0.05, 0.1) is 12.6 Å². The Morgan fingerprint density at radius 1 is 1.47 bits per heavy atom. The van der Waals surface area contributed by atoms with Crippen LogP contribution < -0.4 is 10.6 Å². The smallest absolute Gasteiger partial charge is 0.234 e. The van der Waals surface area contributed by atoms with Crippen molar-refractivity contribution in [1.82, 2.24) is 10.6 Å². The number of amides is 1. The highest BCUT2D eigenvalue weighted by molar-refractivity contribution is 5.78. The zero-order valence-corrected chi connectivity index (χ0v) is 9.31. The van der Waals surface area contributed by atoms with Crippen LogP contribution in [0.2, 0.25) is 0 Å². The van der Waals surface area contributed by atoms with E-state index < -0.39 is 0 Å². The van der Waals surface area contributed by atoms with E-state index in [0.717, 1.165) is 6.54 Å². The van der Waals surface area contributed by atoms with Crippen LogP contribution in [0.25, 0.3) is 0 Å². The number of carbonyl (C=O) groups is 1. The summed E-state index contributed by atoms with van der Waals surface area (Å²) < 4.78 is 0. The quantitative estimate of drug-likeness (QED) is 0.658. The van der Waals surface area contributed by atoms with E-state index in [4.69, 9.17) is 5.26 Å². The fourth-order valence-electron chi connectivity index (χ4n) is 2.08. The van der Waals surface area contributed by atoms with E-state index in [1.165, 1.54) is 25.7 Å². The number of hydrogen-bond acceptors (Lipinski definition) is 3. The molecule has 4 heteroatoms. The van der Waals surface area contributed by atoms with Gasteiger partial charge < -0.3 is 10.6 Å². The van der Waals surface area contributed by atoms with Crippen LogP contribution in [0, 0.1) is 16.7 Å². The Balaban J connectivity index is 2.10. The van der Waals surface area contributed by atoms with Gasteiger partial charge in [0.2, 0.25) is 5.91 Å². The number of hydrogen-bond donors (Lipinski definition) is 2. The number of nitriles is 1. The maximum atomic E-state index is 11.2. The predicted molar refractivity (Wildman–Crippen MR) is 58.1 cm³/mol. The van der Waals surface area contributed by atoms with Gasteiger partial charge in [0.25, 0.3) is 0 Å². The molecule has 1 fully saturated rings. The maximum Gasteiger partial charge on any atom is 0.234 e. The SMILES string of the molecule is CC1(CNCC(=O)NCC#N)CCCC1. The lowest BCUT2D eigenvalue weighted by molar-refractivity contribution is -0.120. The molecular formula is C11H19N3O. The molecule has 2 N–H and O–H groups in total. The third kappa shape index (κ3) is 4.30. The number of carbonyl (C=O) groups excluding carboxylic acids is 1. The molecule has 0 radical (unpaired) electrons. The summed E-state index contributed by atoms with van der Waals surface area (Å²) in [5.74, 6) is -0.0989. The molecule has 0 spiro atoms. The van der Waals surface area contributed by atoms with Crippen LogP contribution in [0.5, 0.6) is 0 Å². The van der Waals surface area contributed by atoms with Gasteiger partial charge in [-0.1, -0.05) is 19.8 Å². The molecule has 0 unspecified atom stereocenters. The van der Waals surface area contributed by atoms with Gasteiger partial charge in [-0.15, -0.1) is 0 Å². The highest BCUT2D eigenvalue weighted by Gasteiger charge is 2.27. The second-order valence-corrected chi connectivity index (χ2v) is 4.56. The standard InChI is InChI=1S/C11H19N3O/c1-11(4-2-3-5-11)9-13-8-10(15)14-7-6-12/h13H,2-5,7-9H2,1H3,(H,14,15). The van der Waals surface area contributed by atoms with E-state index >= 15 is 0 Å². The minimum atomic E-state index is -0.0989. The zero-order chi connectivity index (χ0) is 11.1. The summed E-state index contributed by atoms with van der Waals surface area (Å²) in [6, 6.07) is 1.88. The van der Waals surface area contributed by atoms with Crippen molar-refractivity contribution in [3.8, 4) is 6.07 Å². The predicted octanol–water partition coefficient (Wildman–Crippen LogP) is 0.796. The molecule has 1 aliphatic carbocycles. The Morgan fingerprint density at radius 2 is 2.13 bits per heavy atom. The molecule has 0 bridgehead atoms. The van der Waals surface area contributed by atoms with Gasteiger partial charge >= 0.3 is 0 Å². The summed E-state index contributed by atoms with van der Waals surface area (Å²) >= 11 is 0. The monoisotopic (exact) mass is 209 g/mol. The fourth-order valence-corrected chi connectivity index (χ4v) is 2.08. The van der Waals surface area contributed by atoms with Crippen molar-refractivity contribution >= 4 is 5.91 Å². The van der Waals surface area contributed by atoms with Crippen LogP contribution in [0.4, 0.5) is 0 Å². The number of nitrogens with zero attached hydrogens (tertiary/aromatic N) is 1. The Kier molecular flexibility index (Phi) is 4.57. The summed E-state index contributed by atoms with van der Waals surface area (Å²) in [7, 11) is 0. The van der Waals surface area contributed by atoms with Gasteiger partial charge in [-0.3, -0.25) is 4.79 Å². The number of rotatable bonds is 5. The van der Waals surface area contributed by atoms with E-state index in [-0.39, 0.29) is 12.5 Å². The van der Waals surface area contributed by atoms with Crippen molar-refractivity contribution in [3.05, 3.63) is 0 Å². The Hall–Kier alpha value is -1.08. The van der Waals surface area contributed by atoms with E-state index in [2.05, 4.69) is 17.6 Å². The van der Waals surface area contributed by atoms with Crippen molar-refractivity contribution in [2.45, 2.75) is 32.6 Å². The van der Waals surface area contributed by atoms with Crippen LogP contribution in [0.15, 0.2) is 0 Å². The summed E-state index contributed by atoms with van der Waals surface area (Å²) in [6.07, 6.45) is 5.11. The van der Waals surface area contributed by atoms with Gasteiger partial charge in [0.1, 0.15) is 6.54 Å². The zero-order valence-electron chi connectivity index (χ0n) is 9.31. The van der Waals surface area contributed by atoms with E-state index in [1.54, 1.807) is 0 Å². The second kappa shape index (κ2) is 5.72. The van der Waals surface area contributed by atoms with E-state index in [0.29, 0.717) is 12.0 Å². The summed E-state index contributed by atoms with van der Waals surface area (Å²) in [6.45, 7) is 3.57. The Morgan fingerprint density at radius 3 is 2.73 bits per heavy atom. The molecule has 0 atom stereocenters. The highest BCUT2D eigenvalue weighted by Crippen LogP contribution is 2.36. The van der Waals surface area contributed by atoms with E-state index in [1.807, 2.05) is 6.07 Å². The molecule has 84 valence electrons. The van der Waals surface area contributed by atoms with Gasteiger partial charge in [-0.2, -0.15) is 5.26 Å². The first-order valence-corrected chi connectivity index (χ1v) is 5.51. The van der Waals surface area contributed by atoms with Crippen LogP contribution >= 0.6 is 0 Å². The Bertz CT molecular complexity index is 251. The third-order valence-corrected chi connectivity index (χ3v) is 3.01. The first-order valence-electron chi connectivity index (χ1n) is 5.51. The largest absolute Gasteiger partial charge is 0.342 e. The van der Waals surface area contributed by atoms with Gasteiger partial charge in [-0.25, -0.2) is 0 Å². The molecule has 0 heterocycles. The molecule has 1 amide bonds. The molecule has 1 saturated carbocycles. The average Bonchev–Trinajstić information content (AvgIpc) is 2.62. The van der Waals surface area contributed by atoms with Crippen LogP contribution in [0.1, 0.15) is 32.6 Å².